The van der Waals surface area contributed by atoms with Gasteiger partial charge in [0.1, 0.15) is 5.69 Å². The Morgan fingerprint density at radius 2 is 2.00 bits per heavy atom. The van der Waals surface area contributed by atoms with Crippen molar-refractivity contribution in [1.29, 1.82) is 0 Å². The average Bonchev–Trinajstić information content (AvgIpc) is 3.07. The maximum atomic E-state index is 12.7. The van der Waals surface area contributed by atoms with Crippen LogP contribution >= 0.6 is 0 Å². The molecule has 110 valence electrons. The molecule has 4 heteroatoms. The molecule has 1 aliphatic rings. The van der Waals surface area contributed by atoms with Gasteiger partial charge in [0.2, 0.25) is 0 Å². The van der Waals surface area contributed by atoms with E-state index < -0.39 is 6.10 Å². The van der Waals surface area contributed by atoms with Crippen LogP contribution in [0.1, 0.15) is 22.5 Å². The third-order valence-corrected chi connectivity index (χ3v) is 4.22. The first-order chi connectivity index (χ1) is 10.2. The molecule has 2 heterocycles. The molecule has 0 saturated carbocycles. The van der Waals surface area contributed by atoms with Gasteiger partial charge in [-0.15, -0.1) is 0 Å². The molecule has 1 N–H and O–H groups in total. The van der Waals surface area contributed by atoms with Gasteiger partial charge in [-0.2, -0.15) is 0 Å². The van der Waals surface area contributed by atoms with E-state index in [4.69, 9.17) is 0 Å². The first-order valence-electron chi connectivity index (χ1n) is 7.31. The van der Waals surface area contributed by atoms with Gasteiger partial charge in [-0.25, -0.2) is 0 Å². The number of rotatable bonds is 3. The zero-order valence-electron chi connectivity index (χ0n) is 12.1. The highest BCUT2D eigenvalue weighted by Crippen LogP contribution is 2.24. The topological polar surface area (TPSA) is 45.5 Å². The summed E-state index contributed by atoms with van der Waals surface area (Å²) in [6, 6.07) is 13.6. The highest BCUT2D eigenvalue weighted by atomic mass is 16.3. The third-order valence-electron chi connectivity index (χ3n) is 4.22. The highest BCUT2D eigenvalue weighted by Gasteiger charge is 2.36. The molecule has 0 unspecified atom stereocenters. The van der Waals surface area contributed by atoms with E-state index in [2.05, 4.69) is 0 Å². The number of carbonyl (C=O) groups excluding carboxylic acids is 1. The van der Waals surface area contributed by atoms with Crippen molar-refractivity contribution in [1.82, 2.24) is 9.47 Å². The van der Waals surface area contributed by atoms with E-state index in [-0.39, 0.29) is 11.9 Å². The SMILES string of the molecule is Cn1cccc1C(=O)N1CC[C@@H](O)[C@@H]1Cc1ccccc1. The molecule has 0 radical (unpaired) electrons. The van der Waals surface area contributed by atoms with Crippen LogP contribution in [-0.2, 0) is 13.5 Å². The number of likely N-dealkylation sites (tertiary alicyclic amines) is 1. The van der Waals surface area contributed by atoms with Gasteiger partial charge >= 0.3 is 0 Å². The van der Waals surface area contributed by atoms with E-state index in [0.717, 1.165) is 5.56 Å². The van der Waals surface area contributed by atoms with E-state index in [9.17, 15) is 9.90 Å². The van der Waals surface area contributed by atoms with Crippen molar-refractivity contribution in [3.05, 3.63) is 59.9 Å². The minimum absolute atomic E-state index is 0.0000175. The number of aliphatic hydroxyl groups excluding tert-OH is 1. The van der Waals surface area contributed by atoms with Crippen LogP contribution in [0.25, 0.3) is 0 Å². The van der Waals surface area contributed by atoms with Gasteiger partial charge in [0.15, 0.2) is 0 Å². The molecule has 2 atom stereocenters. The molecule has 21 heavy (non-hydrogen) atoms. The van der Waals surface area contributed by atoms with Gasteiger partial charge in [-0.3, -0.25) is 4.79 Å². The Kier molecular flexibility index (Phi) is 3.80. The zero-order valence-corrected chi connectivity index (χ0v) is 12.1. The van der Waals surface area contributed by atoms with Crippen LogP contribution in [0, 0.1) is 0 Å². The summed E-state index contributed by atoms with van der Waals surface area (Å²) in [6.45, 7) is 0.614. The standard InChI is InChI=1S/C17H20N2O2/c1-18-10-5-8-14(18)17(21)19-11-9-16(20)15(19)12-13-6-3-2-4-7-13/h2-8,10,15-16,20H,9,11-12H2,1H3/t15-,16+/m0/s1. The van der Waals surface area contributed by atoms with Crippen LogP contribution < -0.4 is 0 Å². The first kappa shape index (κ1) is 13.9. The van der Waals surface area contributed by atoms with Crippen LogP contribution in [-0.4, -0.2) is 39.2 Å². The average molecular weight is 284 g/mol. The third kappa shape index (κ3) is 2.72. The van der Waals surface area contributed by atoms with E-state index in [1.165, 1.54) is 0 Å². The molecular formula is C17H20N2O2. The quantitative estimate of drug-likeness (QED) is 0.935. The number of carbonyl (C=O) groups is 1. The lowest BCUT2D eigenvalue weighted by molar-refractivity contribution is 0.0631. The monoisotopic (exact) mass is 284 g/mol. The molecule has 0 spiro atoms. The maximum Gasteiger partial charge on any atom is 0.270 e. The predicted octanol–water partition coefficient (Wildman–Crippen LogP) is 1.84. The second-order valence-corrected chi connectivity index (χ2v) is 5.62. The first-order valence-corrected chi connectivity index (χ1v) is 7.31. The minimum Gasteiger partial charge on any atom is -0.391 e. The van der Waals surface area contributed by atoms with Crippen molar-refractivity contribution in [3.8, 4) is 0 Å². The lowest BCUT2D eigenvalue weighted by atomic mass is 10.0. The summed E-state index contributed by atoms with van der Waals surface area (Å²) in [7, 11) is 1.87. The van der Waals surface area contributed by atoms with Crippen molar-refractivity contribution in [3.63, 3.8) is 0 Å². The Morgan fingerprint density at radius 3 is 2.67 bits per heavy atom. The maximum absolute atomic E-state index is 12.7. The fourth-order valence-electron chi connectivity index (χ4n) is 3.02. The molecule has 0 bridgehead atoms. The zero-order chi connectivity index (χ0) is 14.8. The van der Waals surface area contributed by atoms with Gasteiger partial charge in [0, 0.05) is 19.8 Å². The number of aromatic nitrogens is 1. The molecule has 1 aliphatic heterocycles. The fraction of sp³-hybridized carbons (Fsp3) is 0.353. The largest absolute Gasteiger partial charge is 0.391 e. The lowest BCUT2D eigenvalue weighted by Gasteiger charge is -2.26. The van der Waals surface area contributed by atoms with E-state index in [0.29, 0.717) is 25.1 Å². The fourth-order valence-corrected chi connectivity index (χ4v) is 3.02. The molecular weight excluding hydrogens is 264 g/mol. The van der Waals surface area contributed by atoms with Crippen molar-refractivity contribution >= 4 is 5.91 Å². The van der Waals surface area contributed by atoms with Gasteiger partial charge in [0.05, 0.1) is 12.1 Å². The number of aliphatic hydroxyl groups is 1. The normalized spacial score (nSPS) is 21.7. The smallest absolute Gasteiger partial charge is 0.270 e. The Labute approximate surface area is 124 Å². The summed E-state index contributed by atoms with van der Waals surface area (Å²) in [4.78, 5) is 14.5. The minimum atomic E-state index is -0.450. The van der Waals surface area contributed by atoms with Gasteiger partial charge in [-0.05, 0) is 30.5 Å². The van der Waals surface area contributed by atoms with Crippen LogP contribution in [0.2, 0.25) is 0 Å². The van der Waals surface area contributed by atoms with E-state index in [1.54, 1.807) is 0 Å². The van der Waals surface area contributed by atoms with Crippen LogP contribution in [0.3, 0.4) is 0 Å². The number of hydrogen-bond donors (Lipinski definition) is 1. The molecule has 1 aromatic carbocycles. The summed E-state index contributed by atoms with van der Waals surface area (Å²) in [5, 5.41) is 10.2. The summed E-state index contributed by atoms with van der Waals surface area (Å²) in [6.07, 6.45) is 2.76. The van der Waals surface area contributed by atoms with E-state index in [1.807, 2.05) is 65.2 Å². The van der Waals surface area contributed by atoms with Crippen LogP contribution in [0.4, 0.5) is 0 Å². The molecule has 1 amide bonds. The molecule has 4 nitrogen and oxygen atoms in total. The van der Waals surface area contributed by atoms with Crippen LogP contribution in [0.15, 0.2) is 48.7 Å². The Balaban J connectivity index is 1.81. The summed E-state index contributed by atoms with van der Waals surface area (Å²) in [5.41, 5.74) is 1.82. The molecule has 1 fully saturated rings. The van der Waals surface area contributed by atoms with Crippen molar-refractivity contribution in [2.45, 2.75) is 25.0 Å². The van der Waals surface area contributed by atoms with Crippen molar-refractivity contribution in [2.24, 2.45) is 7.05 Å². The second-order valence-electron chi connectivity index (χ2n) is 5.62. The number of nitrogens with zero attached hydrogens (tertiary/aromatic N) is 2. The summed E-state index contributed by atoms with van der Waals surface area (Å²) in [5.74, 6) is -0.0000175. The highest BCUT2D eigenvalue weighted by molar-refractivity contribution is 5.93. The molecule has 1 aromatic heterocycles. The predicted molar refractivity (Wildman–Crippen MR) is 81.0 cm³/mol. The van der Waals surface area contributed by atoms with Crippen molar-refractivity contribution < 1.29 is 9.90 Å². The number of benzene rings is 1. The summed E-state index contributed by atoms with van der Waals surface area (Å²) < 4.78 is 1.83. The Hall–Kier alpha value is -2.07. The molecule has 3 rings (SSSR count). The second kappa shape index (κ2) is 5.74. The summed E-state index contributed by atoms with van der Waals surface area (Å²) >= 11 is 0. The van der Waals surface area contributed by atoms with E-state index >= 15 is 0 Å². The molecule has 2 aromatic rings. The number of hydrogen-bond acceptors (Lipinski definition) is 2. The van der Waals surface area contributed by atoms with Gasteiger partial charge < -0.3 is 14.6 Å². The van der Waals surface area contributed by atoms with Crippen molar-refractivity contribution in [2.75, 3.05) is 6.54 Å². The Morgan fingerprint density at radius 1 is 1.24 bits per heavy atom. The number of amides is 1. The molecule has 0 aliphatic carbocycles. The van der Waals surface area contributed by atoms with Crippen LogP contribution in [0.5, 0.6) is 0 Å². The molecule has 1 saturated heterocycles. The Bertz CT molecular complexity index is 621. The number of aryl methyl sites for hydroxylation is 1. The lowest BCUT2D eigenvalue weighted by Crippen LogP contribution is -2.41. The van der Waals surface area contributed by atoms with Gasteiger partial charge in [0.25, 0.3) is 5.91 Å². The van der Waals surface area contributed by atoms with Gasteiger partial charge in [-0.1, -0.05) is 30.3 Å².